The summed E-state index contributed by atoms with van der Waals surface area (Å²) < 4.78 is 0. The summed E-state index contributed by atoms with van der Waals surface area (Å²) >= 11 is 0. The van der Waals surface area contributed by atoms with Crippen molar-refractivity contribution in [3.63, 3.8) is 0 Å². The van der Waals surface area contributed by atoms with Gasteiger partial charge in [-0.1, -0.05) is 44.2 Å². The molecule has 1 aliphatic heterocycles. The van der Waals surface area contributed by atoms with E-state index in [2.05, 4.69) is 19.2 Å². The second-order valence-corrected chi connectivity index (χ2v) is 6.00. The van der Waals surface area contributed by atoms with Crippen molar-refractivity contribution in [3.8, 4) is 0 Å². The van der Waals surface area contributed by atoms with Gasteiger partial charge in [-0.15, -0.1) is 0 Å². The Bertz CT molecular complexity index is 752. The molecule has 24 heavy (non-hydrogen) atoms. The van der Waals surface area contributed by atoms with E-state index in [1.54, 1.807) is 0 Å². The molecule has 0 bridgehead atoms. The highest BCUT2D eigenvalue weighted by Crippen LogP contribution is 2.26. The zero-order chi connectivity index (χ0) is 17.1. The Balaban J connectivity index is 1.80. The van der Waals surface area contributed by atoms with Crippen LogP contribution in [0.2, 0.25) is 0 Å². The molecule has 1 heterocycles. The molecule has 4 heteroatoms. The molecule has 3 rings (SSSR count). The van der Waals surface area contributed by atoms with E-state index in [-0.39, 0.29) is 18.2 Å². The van der Waals surface area contributed by atoms with E-state index in [1.807, 2.05) is 48.5 Å². The van der Waals surface area contributed by atoms with Crippen LogP contribution in [0.1, 0.15) is 31.4 Å². The molecule has 1 unspecified atom stereocenters. The van der Waals surface area contributed by atoms with E-state index >= 15 is 0 Å². The van der Waals surface area contributed by atoms with Crippen LogP contribution >= 0.6 is 0 Å². The average molecular weight is 322 g/mol. The molecule has 0 aliphatic carbocycles. The molecule has 0 aromatic heterocycles. The molecular weight excluding hydrogens is 300 g/mol. The number of aryl methyl sites for hydroxylation is 2. The fraction of sp³-hybridized carbons (Fsp3) is 0.300. The van der Waals surface area contributed by atoms with E-state index in [0.717, 1.165) is 24.1 Å². The Morgan fingerprint density at radius 3 is 2.38 bits per heavy atom. The monoisotopic (exact) mass is 322 g/mol. The van der Waals surface area contributed by atoms with Gasteiger partial charge < -0.3 is 5.32 Å². The molecule has 2 amide bonds. The maximum Gasteiger partial charge on any atom is 0.256 e. The van der Waals surface area contributed by atoms with Gasteiger partial charge >= 0.3 is 0 Å². The van der Waals surface area contributed by atoms with Crippen molar-refractivity contribution >= 4 is 23.2 Å². The maximum atomic E-state index is 12.7. The van der Waals surface area contributed by atoms with Gasteiger partial charge in [-0.05, 0) is 42.2 Å². The summed E-state index contributed by atoms with van der Waals surface area (Å²) in [5.74, 6) is -0.342. The molecule has 0 radical (unpaired) electrons. The first-order chi connectivity index (χ1) is 11.6. The smallest absolute Gasteiger partial charge is 0.256 e. The number of anilines is 2. The van der Waals surface area contributed by atoms with Crippen molar-refractivity contribution in [3.05, 3.63) is 59.7 Å². The van der Waals surface area contributed by atoms with Crippen LogP contribution in [0.3, 0.4) is 0 Å². The molecule has 1 N–H and O–H groups in total. The summed E-state index contributed by atoms with van der Waals surface area (Å²) in [4.78, 5) is 26.4. The van der Waals surface area contributed by atoms with Crippen LogP contribution in [0.5, 0.6) is 0 Å². The van der Waals surface area contributed by atoms with E-state index in [0.29, 0.717) is 5.69 Å². The number of carbonyl (C=O) groups excluding carboxylic acids is 2. The summed E-state index contributed by atoms with van der Waals surface area (Å²) in [7, 11) is 0. The number of hydrogen-bond donors (Lipinski definition) is 1. The van der Waals surface area contributed by atoms with Gasteiger partial charge in [-0.25, -0.2) is 4.90 Å². The molecule has 1 fully saturated rings. The molecule has 0 saturated carbocycles. The number of hydrogen-bond acceptors (Lipinski definition) is 3. The first-order valence-corrected chi connectivity index (χ1v) is 8.44. The molecule has 1 atom stereocenters. The van der Waals surface area contributed by atoms with Crippen LogP contribution in [0.4, 0.5) is 11.4 Å². The third kappa shape index (κ3) is 3.04. The number of amides is 2. The number of carbonyl (C=O) groups is 2. The van der Waals surface area contributed by atoms with Gasteiger partial charge in [0.25, 0.3) is 5.91 Å². The molecular formula is C20H22N2O2. The predicted octanol–water partition coefficient (Wildman–Crippen LogP) is 3.56. The minimum atomic E-state index is -0.504. The van der Waals surface area contributed by atoms with Crippen molar-refractivity contribution in [2.24, 2.45) is 0 Å². The van der Waals surface area contributed by atoms with Crippen molar-refractivity contribution in [2.45, 2.75) is 39.2 Å². The summed E-state index contributed by atoms with van der Waals surface area (Å²) in [5, 5.41) is 3.25. The predicted molar refractivity (Wildman–Crippen MR) is 96.2 cm³/mol. The highest BCUT2D eigenvalue weighted by Gasteiger charge is 2.39. The lowest BCUT2D eigenvalue weighted by atomic mass is 10.1. The second kappa shape index (κ2) is 6.87. The standard InChI is InChI=1S/C20H22N2O2/c1-3-14-9-11-16(12-10-14)22-19(23)13-18(20(22)24)21-17-8-6-5-7-15(17)4-2/h5-12,18,21H,3-4,13H2,1-2H3. The third-order valence-electron chi connectivity index (χ3n) is 4.48. The molecule has 1 saturated heterocycles. The molecule has 0 spiro atoms. The molecule has 124 valence electrons. The Hall–Kier alpha value is -2.62. The number of nitrogens with one attached hydrogen (secondary N) is 1. The van der Waals surface area contributed by atoms with E-state index < -0.39 is 6.04 Å². The van der Waals surface area contributed by atoms with E-state index in [4.69, 9.17) is 0 Å². The van der Waals surface area contributed by atoms with Crippen LogP contribution in [0.25, 0.3) is 0 Å². The van der Waals surface area contributed by atoms with Gasteiger partial charge in [0.1, 0.15) is 6.04 Å². The summed E-state index contributed by atoms with van der Waals surface area (Å²) in [5.41, 5.74) is 3.90. The van der Waals surface area contributed by atoms with Crippen molar-refractivity contribution < 1.29 is 9.59 Å². The minimum absolute atomic E-state index is 0.157. The van der Waals surface area contributed by atoms with Crippen LogP contribution in [0.15, 0.2) is 48.5 Å². The fourth-order valence-corrected chi connectivity index (χ4v) is 3.05. The van der Waals surface area contributed by atoms with Crippen LogP contribution < -0.4 is 10.2 Å². The highest BCUT2D eigenvalue weighted by atomic mass is 16.2. The summed E-state index contributed by atoms with van der Waals surface area (Å²) in [6, 6.07) is 15.0. The zero-order valence-corrected chi connectivity index (χ0v) is 14.1. The quantitative estimate of drug-likeness (QED) is 0.856. The molecule has 4 nitrogen and oxygen atoms in total. The highest BCUT2D eigenvalue weighted by molar-refractivity contribution is 6.23. The first-order valence-electron chi connectivity index (χ1n) is 8.44. The third-order valence-corrected chi connectivity index (χ3v) is 4.48. The Kier molecular flexibility index (Phi) is 4.65. The van der Waals surface area contributed by atoms with Crippen LogP contribution in [-0.2, 0) is 22.4 Å². The molecule has 1 aliphatic rings. The lowest BCUT2D eigenvalue weighted by Gasteiger charge is -2.17. The average Bonchev–Trinajstić information content (AvgIpc) is 2.89. The van der Waals surface area contributed by atoms with Crippen LogP contribution in [0, 0.1) is 0 Å². The lowest BCUT2D eigenvalue weighted by molar-refractivity contribution is -0.121. The number of para-hydroxylation sites is 1. The largest absolute Gasteiger partial charge is 0.373 e. The Morgan fingerprint density at radius 2 is 1.71 bits per heavy atom. The van der Waals surface area contributed by atoms with E-state index in [1.165, 1.54) is 10.5 Å². The normalized spacial score (nSPS) is 17.4. The lowest BCUT2D eigenvalue weighted by Crippen LogP contribution is -2.35. The Morgan fingerprint density at radius 1 is 1.00 bits per heavy atom. The van der Waals surface area contributed by atoms with Gasteiger partial charge in [0.05, 0.1) is 12.1 Å². The second-order valence-electron chi connectivity index (χ2n) is 6.00. The van der Waals surface area contributed by atoms with Gasteiger partial charge in [0.2, 0.25) is 5.91 Å². The summed E-state index contributed by atoms with van der Waals surface area (Å²) in [6.45, 7) is 4.15. The number of rotatable bonds is 5. The van der Waals surface area contributed by atoms with Gasteiger partial charge in [-0.3, -0.25) is 9.59 Å². The zero-order valence-electron chi connectivity index (χ0n) is 14.1. The van der Waals surface area contributed by atoms with Crippen molar-refractivity contribution in [1.29, 1.82) is 0 Å². The maximum absolute atomic E-state index is 12.7. The van der Waals surface area contributed by atoms with Crippen LogP contribution in [-0.4, -0.2) is 17.9 Å². The summed E-state index contributed by atoms with van der Waals surface area (Å²) in [6.07, 6.45) is 1.99. The molecule has 2 aromatic rings. The van der Waals surface area contributed by atoms with Crippen molar-refractivity contribution in [2.75, 3.05) is 10.2 Å². The first kappa shape index (κ1) is 16.2. The van der Waals surface area contributed by atoms with Gasteiger partial charge in [0, 0.05) is 5.69 Å². The van der Waals surface area contributed by atoms with Crippen molar-refractivity contribution in [1.82, 2.24) is 0 Å². The van der Waals surface area contributed by atoms with E-state index in [9.17, 15) is 9.59 Å². The fourth-order valence-electron chi connectivity index (χ4n) is 3.05. The van der Waals surface area contributed by atoms with Gasteiger partial charge in [0.15, 0.2) is 0 Å². The topological polar surface area (TPSA) is 49.4 Å². The molecule has 2 aromatic carbocycles. The number of benzene rings is 2. The Labute approximate surface area is 142 Å². The number of nitrogens with zero attached hydrogens (tertiary/aromatic N) is 1. The number of imide groups is 1. The van der Waals surface area contributed by atoms with Gasteiger partial charge in [-0.2, -0.15) is 0 Å². The minimum Gasteiger partial charge on any atom is -0.373 e. The SMILES string of the molecule is CCc1ccc(N2C(=O)CC(Nc3ccccc3CC)C2=O)cc1.